The third-order valence-electron chi connectivity index (χ3n) is 3.00. The van der Waals surface area contributed by atoms with Crippen molar-refractivity contribution >= 4 is 17.3 Å². The lowest BCUT2D eigenvalue weighted by Gasteiger charge is -2.14. The van der Waals surface area contributed by atoms with Crippen molar-refractivity contribution in [2.75, 3.05) is 31.8 Å². The van der Waals surface area contributed by atoms with Crippen LogP contribution in [0.2, 0.25) is 0 Å². The molecule has 3 N–H and O–H groups in total. The number of ether oxygens (including phenoxy) is 1. The maximum atomic E-state index is 11.7. The topological polar surface area (TPSA) is 67.6 Å². The Kier molecular flexibility index (Phi) is 3.08. The second-order valence-electron chi connectivity index (χ2n) is 4.20. The van der Waals surface area contributed by atoms with Crippen LogP contribution in [0.15, 0.2) is 18.2 Å². The van der Waals surface area contributed by atoms with Gasteiger partial charge in [0.05, 0.1) is 12.8 Å². The van der Waals surface area contributed by atoms with Crippen molar-refractivity contribution in [1.29, 1.82) is 0 Å². The number of methoxy groups -OCH3 is 1. The normalized spacial score (nSPS) is 19.5. The van der Waals surface area contributed by atoms with Crippen LogP contribution in [0.3, 0.4) is 0 Å². The molecule has 1 fully saturated rings. The van der Waals surface area contributed by atoms with Crippen LogP contribution < -0.4 is 15.8 Å². The molecule has 1 aliphatic rings. The number of carbonyl (C=O) groups is 1. The number of rotatable bonds is 3. The molecule has 17 heavy (non-hydrogen) atoms. The Morgan fingerprint density at radius 3 is 2.88 bits per heavy atom. The quantitative estimate of drug-likeness (QED) is 0.764. The van der Waals surface area contributed by atoms with Gasteiger partial charge >= 0.3 is 0 Å². The molecule has 0 aliphatic carbocycles. The Labute approximate surface area is 101 Å². The van der Waals surface area contributed by atoms with E-state index in [9.17, 15) is 4.79 Å². The number of likely N-dealkylation sites (N-methyl/N-ethyl adjacent to an activating group) is 1. The molecule has 1 aromatic carbocycles. The summed E-state index contributed by atoms with van der Waals surface area (Å²) in [5.41, 5.74) is 7.17. The molecule has 1 aromatic rings. The van der Waals surface area contributed by atoms with Crippen LogP contribution in [0, 0.1) is 0 Å². The van der Waals surface area contributed by atoms with Crippen LogP contribution >= 0.6 is 0 Å². The maximum Gasteiger partial charge on any atom is 0.244 e. The molecule has 0 spiro atoms. The average molecular weight is 235 g/mol. The summed E-state index contributed by atoms with van der Waals surface area (Å²) in [4.78, 5) is 13.5. The first-order chi connectivity index (χ1) is 8.11. The molecule has 2 rings (SSSR count). The van der Waals surface area contributed by atoms with Crippen LogP contribution in [0.25, 0.3) is 0 Å². The number of carbonyl (C=O) groups excluding carboxylic acids is 1. The van der Waals surface area contributed by atoms with Crippen LogP contribution in [0.1, 0.15) is 6.42 Å². The zero-order valence-electron chi connectivity index (χ0n) is 10.1. The fraction of sp³-hybridized carbons (Fsp3) is 0.417. The molecule has 1 atom stereocenters. The summed E-state index contributed by atoms with van der Waals surface area (Å²) >= 11 is 0. The molecular formula is C12H17N3O2. The fourth-order valence-corrected chi connectivity index (χ4v) is 1.96. The van der Waals surface area contributed by atoms with Crippen molar-refractivity contribution in [2.24, 2.45) is 0 Å². The minimum absolute atomic E-state index is 0.126. The third-order valence-corrected chi connectivity index (χ3v) is 3.00. The first-order valence-corrected chi connectivity index (χ1v) is 5.57. The lowest BCUT2D eigenvalue weighted by Crippen LogP contribution is -2.30. The van der Waals surface area contributed by atoms with Crippen molar-refractivity contribution in [3.8, 4) is 5.75 Å². The molecule has 5 heteroatoms. The van der Waals surface area contributed by atoms with Crippen molar-refractivity contribution < 1.29 is 9.53 Å². The summed E-state index contributed by atoms with van der Waals surface area (Å²) in [6, 6.07) is 5.28. The lowest BCUT2D eigenvalue weighted by atomic mass is 10.2. The first kappa shape index (κ1) is 11.6. The predicted octanol–water partition coefficient (Wildman–Crippen LogP) is 0.920. The highest BCUT2D eigenvalue weighted by atomic mass is 16.5. The summed E-state index contributed by atoms with van der Waals surface area (Å²) < 4.78 is 5.14. The maximum absolute atomic E-state index is 11.7. The van der Waals surface area contributed by atoms with Gasteiger partial charge in [-0.1, -0.05) is 0 Å². The lowest BCUT2D eigenvalue weighted by molar-refractivity contribution is -0.127. The van der Waals surface area contributed by atoms with Gasteiger partial charge in [0.1, 0.15) is 11.8 Å². The number of nitrogen functional groups attached to an aromatic ring is 1. The Hall–Kier alpha value is -1.91. The number of benzene rings is 1. The zero-order valence-corrected chi connectivity index (χ0v) is 10.1. The summed E-state index contributed by atoms with van der Waals surface area (Å²) in [6.07, 6.45) is 0.821. The smallest absolute Gasteiger partial charge is 0.244 e. The first-order valence-electron chi connectivity index (χ1n) is 5.57. The summed E-state index contributed by atoms with van der Waals surface area (Å²) in [5.74, 6) is 0.745. The van der Waals surface area contributed by atoms with E-state index in [2.05, 4.69) is 5.32 Å². The highest BCUT2D eigenvalue weighted by molar-refractivity contribution is 5.86. The fourth-order valence-electron chi connectivity index (χ4n) is 1.96. The molecule has 1 saturated heterocycles. The van der Waals surface area contributed by atoms with E-state index in [4.69, 9.17) is 10.5 Å². The molecule has 5 nitrogen and oxygen atoms in total. The monoisotopic (exact) mass is 235 g/mol. The summed E-state index contributed by atoms with van der Waals surface area (Å²) in [6.45, 7) is 0.794. The Balaban J connectivity index is 2.11. The Bertz CT molecular complexity index is 434. The standard InChI is InChI=1S/C12H17N3O2/c1-15-6-5-10(12(15)16)14-8-3-4-9(13)11(7-8)17-2/h3-4,7,10,14H,5-6,13H2,1-2H3. The van der Waals surface area contributed by atoms with E-state index in [-0.39, 0.29) is 11.9 Å². The van der Waals surface area contributed by atoms with E-state index in [0.717, 1.165) is 18.7 Å². The highest BCUT2D eigenvalue weighted by Crippen LogP contribution is 2.26. The van der Waals surface area contributed by atoms with Gasteiger partial charge in [-0.25, -0.2) is 0 Å². The average Bonchev–Trinajstić information content (AvgIpc) is 2.63. The highest BCUT2D eigenvalue weighted by Gasteiger charge is 2.28. The van der Waals surface area contributed by atoms with Gasteiger partial charge in [0.25, 0.3) is 0 Å². The molecule has 1 amide bonds. The molecule has 1 heterocycles. The van der Waals surface area contributed by atoms with Gasteiger partial charge < -0.3 is 20.7 Å². The van der Waals surface area contributed by atoms with Gasteiger partial charge in [0.15, 0.2) is 0 Å². The number of nitrogens with one attached hydrogen (secondary N) is 1. The number of hydrogen-bond acceptors (Lipinski definition) is 4. The van der Waals surface area contributed by atoms with Crippen molar-refractivity contribution in [3.05, 3.63) is 18.2 Å². The zero-order chi connectivity index (χ0) is 12.4. The molecule has 0 radical (unpaired) electrons. The Morgan fingerprint density at radius 1 is 1.53 bits per heavy atom. The van der Waals surface area contributed by atoms with E-state index >= 15 is 0 Å². The van der Waals surface area contributed by atoms with E-state index in [1.54, 1.807) is 24.1 Å². The third kappa shape index (κ3) is 2.27. The predicted molar refractivity (Wildman–Crippen MR) is 67.1 cm³/mol. The van der Waals surface area contributed by atoms with E-state index in [0.29, 0.717) is 11.4 Å². The van der Waals surface area contributed by atoms with Crippen LogP contribution in [0.4, 0.5) is 11.4 Å². The van der Waals surface area contributed by atoms with Gasteiger partial charge in [-0.2, -0.15) is 0 Å². The van der Waals surface area contributed by atoms with Crippen LogP contribution in [0.5, 0.6) is 5.75 Å². The minimum Gasteiger partial charge on any atom is -0.495 e. The van der Waals surface area contributed by atoms with Crippen molar-refractivity contribution in [2.45, 2.75) is 12.5 Å². The number of anilines is 2. The molecule has 0 saturated carbocycles. The van der Waals surface area contributed by atoms with E-state index in [1.165, 1.54) is 0 Å². The molecule has 1 aliphatic heterocycles. The number of amides is 1. The van der Waals surface area contributed by atoms with Gasteiger partial charge in [-0.3, -0.25) is 4.79 Å². The van der Waals surface area contributed by atoms with Crippen molar-refractivity contribution in [3.63, 3.8) is 0 Å². The second kappa shape index (κ2) is 4.53. The van der Waals surface area contributed by atoms with Gasteiger partial charge in [0, 0.05) is 25.3 Å². The molecule has 0 aromatic heterocycles. The van der Waals surface area contributed by atoms with Crippen LogP contribution in [-0.2, 0) is 4.79 Å². The largest absolute Gasteiger partial charge is 0.495 e. The molecular weight excluding hydrogens is 218 g/mol. The number of hydrogen-bond donors (Lipinski definition) is 2. The molecule has 1 unspecified atom stereocenters. The number of likely N-dealkylation sites (tertiary alicyclic amines) is 1. The van der Waals surface area contributed by atoms with Gasteiger partial charge in [0.2, 0.25) is 5.91 Å². The van der Waals surface area contributed by atoms with E-state index in [1.807, 2.05) is 13.1 Å². The number of nitrogens with two attached hydrogens (primary N) is 1. The van der Waals surface area contributed by atoms with E-state index < -0.39 is 0 Å². The summed E-state index contributed by atoms with van der Waals surface area (Å²) in [5, 5.41) is 3.20. The van der Waals surface area contributed by atoms with Crippen molar-refractivity contribution in [1.82, 2.24) is 4.90 Å². The number of nitrogens with zero attached hydrogens (tertiary/aromatic N) is 1. The Morgan fingerprint density at radius 2 is 2.29 bits per heavy atom. The minimum atomic E-state index is -0.145. The van der Waals surface area contributed by atoms with Crippen LogP contribution in [-0.4, -0.2) is 37.6 Å². The van der Waals surface area contributed by atoms with Gasteiger partial charge in [-0.05, 0) is 18.6 Å². The molecule has 92 valence electrons. The molecule has 0 bridgehead atoms. The SMILES string of the molecule is COc1cc(NC2CCN(C)C2=O)ccc1N. The summed E-state index contributed by atoms with van der Waals surface area (Å²) in [7, 11) is 3.39. The van der Waals surface area contributed by atoms with Gasteiger partial charge in [-0.15, -0.1) is 0 Å². The second-order valence-corrected chi connectivity index (χ2v) is 4.20.